The molecule has 0 aromatic heterocycles. The third kappa shape index (κ3) is 2.86. The molecule has 120 valence electrons. The fourth-order valence-electron chi connectivity index (χ4n) is 3.74. The Kier molecular flexibility index (Phi) is 4.67. The minimum absolute atomic E-state index is 0.00939. The van der Waals surface area contributed by atoms with E-state index in [-0.39, 0.29) is 17.9 Å². The van der Waals surface area contributed by atoms with Crippen LogP contribution in [0.5, 0.6) is 0 Å². The van der Waals surface area contributed by atoms with E-state index >= 15 is 0 Å². The molecule has 1 aromatic rings. The number of piperidine rings is 1. The molecule has 1 fully saturated rings. The fraction of sp³-hybridized carbons (Fsp3) is 0.588. The van der Waals surface area contributed by atoms with E-state index in [0.29, 0.717) is 16.0 Å². The van der Waals surface area contributed by atoms with Gasteiger partial charge in [0.05, 0.1) is 12.0 Å². The highest BCUT2D eigenvalue weighted by Gasteiger charge is 2.36. The number of carbonyl (C=O) groups excluding carboxylic acids is 1. The average Bonchev–Trinajstić information content (AvgIpc) is 2.46. The van der Waals surface area contributed by atoms with Gasteiger partial charge >= 0.3 is 0 Å². The van der Waals surface area contributed by atoms with Crippen molar-refractivity contribution in [2.24, 2.45) is 11.8 Å². The molecule has 2 aliphatic rings. The van der Waals surface area contributed by atoms with E-state index in [2.05, 4.69) is 19.2 Å². The first-order valence-corrected chi connectivity index (χ1v) is 8.73. The summed E-state index contributed by atoms with van der Waals surface area (Å²) in [5.41, 5.74) is 2.23. The number of amides is 1. The molecule has 1 aromatic carbocycles. The van der Waals surface area contributed by atoms with Crippen LogP contribution in [0.25, 0.3) is 0 Å². The number of halogens is 2. The van der Waals surface area contributed by atoms with Gasteiger partial charge in [0.25, 0.3) is 0 Å². The zero-order chi connectivity index (χ0) is 15.9. The first-order valence-electron chi connectivity index (χ1n) is 7.98. The molecule has 0 spiro atoms. The monoisotopic (exact) mass is 340 g/mol. The van der Waals surface area contributed by atoms with Crippen LogP contribution in [-0.2, 0) is 11.2 Å². The van der Waals surface area contributed by atoms with Crippen LogP contribution in [0.15, 0.2) is 12.1 Å². The number of benzene rings is 1. The van der Waals surface area contributed by atoms with E-state index < -0.39 is 0 Å². The molecule has 3 atom stereocenters. The summed E-state index contributed by atoms with van der Waals surface area (Å²) in [5, 5.41) is 4.68. The second-order valence-corrected chi connectivity index (χ2v) is 7.34. The lowest BCUT2D eigenvalue weighted by Gasteiger charge is -2.40. The molecule has 0 unspecified atom stereocenters. The van der Waals surface area contributed by atoms with Gasteiger partial charge in [0, 0.05) is 23.1 Å². The Morgan fingerprint density at radius 3 is 2.82 bits per heavy atom. The van der Waals surface area contributed by atoms with Crippen LogP contribution in [0.4, 0.5) is 0 Å². The predicted molar refractivity (Wildman–Crippen MR) is 90.4 cm³/mol. The summed E-state index contributed by atoms with van der Waals surface area (Å²) < 4.78 is 0. The van der Waals surface area contributed by atoms with Gasteiger partial charge in [0.15, 0.2) is 0 Å². The zero-order valence-corrected chi connectivity index (χ0v) is 14.5. The van der Waals surface area contributed by atoms with Gasteiger partial charge in [0.2, 0.25) is 5.91 Å². The van der Waals surface area contributed by atoms with E-state index in [0.717, 1.165) is 38.0 Å². The molecule has 0 aliphatic carbocycles. The largest absolute Gasteiger partial charge is 0.335 e. The second kappa shape index (κ2) is 6.38. The summed E-state index contributed by atoms with van der Waals surface area (Å²) >= 11 is 12.5. The molecule has 3 nitrogen and oxygen atoms in total. The first-order chi connectivity index (χ1) is 10.5. The molecule has 1 amide bonds. The van der Waals surface area contributed by atoms with Gasteiger partial charge in [-0.3, -0.25) is 4.79 Å². The van der Waals surface area contributed by atoms with Crippen molar-refractivity contribution in [3.05, 3.63) is 33.3 Å². The third-order valence-corrected chi connectivity index (χ3v) is 5.65. The summed E-state index contributed by atoms with van der Waals surface area (Å²) in [6, 6.07) is 3.76. The first kappa shape index (κ1) is 16.1. The molecule has 5 heteroatoms. The van der Waals surface area contributed by atoms with Crippen LogP contribution in [0.1, 0.15) is 37.4 Å². The lowest BCUT2D eigenvalue weighted by Crippen LogP contribution is -2.49. The summed E-state index contributed by atoms with van der Waals surface area (Å²) in [6.45, 7) is 6.78. The number of nitrogens with one attached hydrogen (secondary N) is 1. The molecule has 2 aliphatic heterocycles. The molecule has 0 radical (unpaired) electrons. The minimum atomic E-state index is 0.00939. The van der Waals surface area contributed by atoms with Crippen LogP contribution in [0.3, 0.4) is 0 Å². The SMILES string of the molecule is C[C@@H]1CCNC[C@@H]1C(=O)N1CCc2cc(Cl)cc(Cl)c2[C@@H]1C. The average molecular weight is 341 g/mol. The molecule has 2 heterocycles. The highest BCUT2D eigenvalue weighted by molar-refractivity contribution is 6.35. The van der Waals surface area contributed by atoms with Crippen LogP contribution in [0.2, 0.25) is 10.0 Å². The molecule has 3 rings (SSSR count). The standard InChI is InChI=1S/C17H22Cl2N2O/c1-10-3-5-20-9-14(10)17(22)21-6-4-12-7-13(18)8-15(19)16(12)11(21)2/h7-8,10-11,14,20H,3-6,9H2,1-2H3/t10-,11+,14+/m1/s1. The quantitative estimate of drug-likeness (QED) is 0.845. The second-order valence-electron chi connectivity index (χ2n) is 6.49. The topological polar surface area (TPSA) is 32.3 Å². The van der Waals surface area contributed by atoms with Gasteiger partial charge in [0.1, 0.15) is 0 Å². The van der Waals surface area contributed by atoms with Gasteiger partial charge in [-0.15, -0.1) is 0 Å². The summed E-state index contributed by atoms with van der Waals surface area (Å²) in [4.78, 5) is 15.0. The lowest BCUT2D eigenvalue weighted by atomic mass is 9.85. The molecule has 1 N–H and O–H groups in total. The summed E-state index contributed by atoms with van der Waals surface area (Å²) in [6.07, 6.45) is 1.88. The van der Waals surface area contributed by atoms with Crippen molar-refractivity contribution in [1.82, 2.24) is 10.2 Å². The number of nitrogens with zero attached hydrogens (tertiary/aromatic N) is 1. The molecular formula is C17H22Cl2N2O. The van der Waals surface area contributed by atoms with Crippen molar-refractivity contribution in [2.45, 2.75) is 32.7 Å². The number of hydrogen-bond donors (Lipinski definition) is 1. The Labute approximate surface area is 142 Å². The normalized spacial score (nSPS) is 28.4. The predicted octanol–water partition coefficient (Wildman–Crippen LogP) is 3.68. The Balaban J connectivity index is 1.86. The number of carbonyl (C=O) groups is 1. The van der Waals surface area contributed by atoms with Crippen molar-refractivity contribution in [3.8, 4) is 0 Å². The Bertz CT molecular complexity index is 590. The van der Waals surface area contributed by atoms with Gasteiger partial charge in [-0.2, -0.15) is 0 Å². The van der Waals surface area contributed by atoms with E-state index in [1.807, 2.05) is 11.0 Å². The minimum Gasteiger partial charge on any atom is -0.335 e. The maximum Gasteiger partial charge on any atom is 0.227 e. The van der Waals surface area contributed by atoms with Crippen LogP contribution in [0, 0.1) is 11.8 Å². The number of hydrogen-bond acceptors (Lipinski definition) is 2. The third-order valence-electron chi connectivity index (χ3n) is 5.12. The van der Waals surface area contributed by atoms with Crippen molar-refractivity contribution < 1.29 is 4.79 Å². The molecule has 22 heavy (non-hydrogen) atoms. The lowest BCUT2D eigenvalue weighted by molar-refractivity contribution is -0.140. The van der Waals surface area contributed by atoms with E-state index in [9.17, 15) is 4.79 Å². The van der Waals surface area contributed by atoms with Crippen LogP contribution in [-0.4, -0.2) is 30.4 Å². The molecule has 0 bridgehead atoms. The smallest absolute Gasteiger partial charge is 0.227 e. The molecular weight excluding hydrogens is 319 g/mol. The van der Waals surface area contributed by atoms with E-state index in [4.69, 9.17) is 23.2 Å². The van der Waals surface area contributed by atoms with E-state index in [1.54, 1.807) is 6.07 Å². The van der Waals surface area contributed by atoms with Crippen molar-refractivity contribution in [3.63, 3.8) is 0 Å². The molecule has 0 saturated carbocycles. The maximum absolute atomic E-state index is 13.0. The highest BCUT2D eigenvalue weighted by atomic mass is 35.5. The van der Waals surface area contributed by atoms with Crippen molar-refractivity contribution in [1.29, 1.82) is 0 Å². The Morgan fingerprint density at radius 2 is 2.09 bits per heavy atom. The fourth-order valence-corrected chi connectivity index (χ4v) is 4.43. The Morgan fingerprint density at radius 1 is 1.32 bits per heavy atom. The van der Waals surface area contributed by atoms with Crippen LogP contribution < -0.4 is 5.32 Å². The number of fused-ring (bicyclic) bond motifs is 1. The maximum atomic E-state index is 13.0. The zero-order valence-electron chi connectivity index (χ0n) is 13.0. The number of rotatable bonds is 1. The Hall–Kier alpha value is -0.770. The van der Waals surface area contributed by atoms with Crippen molar-refractivity contribution >= 4 is 29.1 Å². The van der Waals surface area contributed by atoms with Gasteiger partial charge in [-0.1, -0.05) is 30.1 Å². The van der Waals surface area contributed by atoms with Crippen molar-refractivity contribution in [2.75, 3.05) is 19.6 Å². The van der Waals surface area contributed by atoms with Gasteiger partial charge in [-0.05, 0) is 55.5 Å². The highest BCUT2D eigenvalue weighted by Crippen LogP contribution is 2.38. The van der Waals surface area contributed by atoms with Gasteiger partial charge < -0.3 is 10.2 Å². The molecule has 1 saturated heterocycles. The summed E-state index contributed by atoms with van der Waals surface area (Å²) in [5.74, 6) is 0.760. The summed E-state index contributed by atoms with van der Waals surface area (Å²) in [7, 11) is 0. The van der Waals surface area contributed by atoms with Gasteiger partial charge in [-0.25, -0.2) is 0 Å². The van der Waals surface area contributed by atoms with E-state index in [1.165, 1.54) is 5.56 Å². The van der Waals surface area contributed by atoms with Crippen LogP contribution >= 0.6 is 23.2 Å².